The fourth-order valence-electron chi connectivity index (χ4n) is 3.56. The second-order valence-electron chi connectivity index (χ2n) is 8.36. The molecule has 0 spiro atoms. The minimum atomic E-state index is -4.10. The highest BCUT2D eigenvalue weighted by Gasteiger charge is 2.28. The zero-order valence-corrected chi connectivity index (χ0v) is 21.6. The maximum absolute atomic E-state index is 13.6. The predicted octanol–water partition coefficient (Wildman–Crippen LogP) is 4.37. The summed E-state index contributed by atoms with van der Waals surface area (Å²) in [6, 6.07) is 19.5. The van der Waals surface area contributed by atoms with E-state index in [2.05, 4.69) is 10.6 Å². The minimum absolute atomic E-state index is 0.0331. The number of rotatable bonds is 10. The Bertz CT molecular complexity index is 1330. The molecule has 3 rings (SSSR count). The third kappa shape index (κ3) is 6.23. The fourth-order valence-corrected chi connectivity index (χ4v) is 5.07. The molecule has 0 fully saturated rings. The van der Waals surface area contributed by atoms with Gasteiger partial charge in [-0.3, -0.25) is 13.9 Å². The number of anilines is 2. The van der Waals surface area contributed by atoms with E-state index in [1.165, 1.54) is 19.2 Å². The fraction of sp³-hybridized carbons (Fsp3) is 0.259. The second kappa shape index (κ2) is 11.7. The van der Waals surface area contributed by atoms with E-state index in [4.69, 9.17) is 4.74 Å². The zero-order chi connectivity index (χ0) is 26.3. The molecule has 0 saturated heterocycles. The van der Waals surface area contributed by atoms with Gasteiger partial charge in [0.2, 0.25) is 5.91 Å². The number of sulfonamides is 1. The Balaban J connectivity index is 1.91. The van der Waals surface area contributed by atoms with Gasteiger partial charge in [-0.25, -0.2) is 8.42 Å². The number of ether oxygens (including phenoxy) is 1. The number of methoxy groups -OCH3 is 1. The third-order valence-electron chi connectivity index (χ3n) is 5.72. The summed E-state index contributed by atoms with van der Waals surface area (Å²) >= 11 is 0. The highest BCUT2D eigenvalue weighted by Crippen LogP contribution is 2.27. The standard InChI is InChI=1S/C27H31N3O5S/c1-5-20(3)28-27(32)23-13-9-10-14-24(23)29-26(31)18-30(21-11-7-6-8-12-21)36(33,34)22-15-16-25(35-4)19(2)17-22/h6-17,20H,5,18H2,1-4H3,(H,28,32)(H,29,31). The third-order valence-corrected chi connectivity index (χ3v) is 7.49. The zero-order valence-electron chi connectivity index (χ0n) is 20.8. The number of carbonyl (C=O) groups excluding carboxylic acids is 2. The van der Waals surface area contributed by atoms with Crippen molar-refractivity contribution in [1.29, 1.82) is 0 Å². The van der Waals surface area contributed by atoms with Gasteiger partial charge in [0.15, 0.2) is 0 Å². The molecule has 2 N–H and O–H groups in total. The van der Waals surface area contributed by atoms with Crippen LogP contribution in [0.1, 0.15) is 36.2 Å². The first-order valence-corrected chi connectivity index (χ1v) is 13.0. The lowest BCUT2D eigenvalue weighted by atomic mass is 10.1. The Morgan fingerprint density at radius 1 is 1.00 bits per heavy atom. The maximum atomic E-state index is 13.6. The largest absolute Gasteiger partial charge is 0.496 e. The van der Waals surface area contributed by atoms with Gasteiger partial charge < -0.3 is 15.4 Å². The lowest BCUT2D eigenvalue weighted by Crippen LogP contribution is -2.38. The van der Waals surface area contributed by atoms with Gasteiger partial charge >= 0.3 is 0 Å². The molecule has 8 nitrogen and oxygen atoms in total. The number of carbonyl (C=O) groups is 2. The van der Waals surface area contributed by atoms with E-state index in [-0.39, 0.29) is 16.8 Å². The van der Waals surface area contributed by atoms with Gasteiger partial charge in [0.05, 0.1) is 28.9 Å². The molecule has 0 radical (unpaired) electrons. The summed E-state index contributed by atoms with van der Waals surface area (Å²) in [4.78, 5) is 25.9. The first-order chi connectivity index (χ1) is 17.2. The van der Waals surface area contributed by atoms with Crippen LogP contribution in [0.15, 0.2) is 77.7 Å². The number of hydrogen-bond acceptors (Lipinski definition) is 5. The summed E-state index contributed by atoms with van der Waals surface area (Å²) in [6.07, 6.45) is 0.759. The molecule has 0 aliphatic rings. The van der Waals surface area contributed by atoms with E-state index < -0.39 is 22.5 Å². The number of hydrogen-bond donors (Lipinski definition) is 2. The maximum Gasteiger partial charge on any atom is 0.264 e. The predicted molar refractivity (Wildman–Crippen MR) is 141 cm³/mol. The summed E-state index contributed by atoms with van der Waals surface area (Å²) in [7, 11) is -2.59. The Labute approximate surface area is 212 Å². The van der Waals surface area contributed by atoms with E-state index in [1.807, 2.05) is 13.8 Å². The van der Waals surface area contributed by atoms with Crippen LogP contribution in [0.25, 0.3) is 0 Å². The Hall–Kier alpha value is -3.85. The lowest BCUT2D eigenvalue weighted by molar-refractivity contribution is -0.114. The molecule has 3 aromatic carbocycles. The SMILES string of the molecule is CCC(C)NC(=O)c1ccccc1NC(=O)CN(c1ccccc1)S(=O)(=O)c1ccc(OC)c(C)c1. The molecule has 36 heavy (non-hydrogen) atoms. The molecule has 0 heterocycles. The van der Waals surface area contributed by atoms with Gasteiger partial charge in [-0.2, -0.15) is 0 Å². The highest BCUT2D eigenvalue weighted by atomic mass is 32.2. The van der Waals surface area contributed by atoms with Gasteiger partial charge in [-0.1, -0.05) is 37.3 Å². The molecule has 0 aliphatic carbocycles. The summed E-state index contributed by atoms with van der Waals surface area (Å²) in [5.41, 5.74) is 1.58. The molecular formula is C27H31N3O5S. The molecule has 2 amide bonds. The van der Waals surface area contributed by atoms with Crippen molar-refractivity contribution >= 4 is 33.2 Å². The van der Waals surface area contributed by atoms with Crippen molar-refractivity contribution in [3.63, 3.8) is 0 Å². The molecule has 3 aromatic rings. The van der Waals surface area contributed by atoms with Crippen molar-refractivity contribution in [3.8, 4) is 5.75 Å². The van der Waals surface area contributed by atoms with Crippen molar-refractivity contribution in [2.24, 2.45) is 0 Å². The first kappa shape index (κ1) is 26.7. The molecule has 190 valence electrons. The highest BCUT2D eigenvalue weighted by molar-refractivity contribution is 7.92. The number of nitrogens with one attached hydrogen (secondary N) is 2. The van der Waals surface area contributed by atoms with Crippen LogP contribution in [0.5, 0.6) is 5.75 Å². The summed E-state index contributed by atoms with van der Waals surface area (Å²) in [6.45, 7) is 5.11. The van der Waals surface area contributed by atoms with Crippen molar-refractivity contribution in [2.45, 2.75) is 38.1 Å². The summed E-state index contributed by atoms with van der Waals surface area (Å²) in [5, 5.41) is 5.59. The van der Waals surface area contributed by atoms with Crippen LogP contribution >= 0.6 is 0 Å². The van der Waals surface area contributed by atoms with Gasteiger partial charge in [0.1, 0.15) is 12.3 Å². The summed E-state index contributed by atoms with van der Waals surface area (Å²) in [5.74, 6) is -0.344. The minimum Gasteiger partial charge on any atom is -0.496 e. The van der Waals surface area contributed by atoms with Crippen molar-refractivity contribution in [1.82, 2.24) is 5.32 Å². The van der Waals surface area contributed by atoms with Gasteiger partial charge in [0, 0.05) is 6.04 Å². The quantitative estimate of drug-likeness (QED) is 0.422. The second-order valence-corrected chi connectivity index (χ2v) is 10.2. The van der Waals surface area contributed by atoms with E-state index in [1.54, 1.807) is 67.6 Å². The molecule has 0 aliphatic heterocycles. The van der Waals surface area contributed by atoms with Crippen LogP contribution in [-0.2, 0) is 14.8 Å². The molecule has 0 saturated carbocycles. The number of amides is 2. The van der Waals surface area contributed by atoms with Crippen LogP contribution in [0.3, 0.4) is 0 Å². The van der Waals surface area contributed by atoms with Crippen LogP contribution in [0, 0.1) is 6.92 Å². The number of nitrogens with zero attached hydrogens (tertiary/aromatic N) is 1. The summed E-state index contributed by atoms with van der Waals surface area (Å²) < 4.78 is 33.6. The first-order valence-electron chi connectivity index (χ1n) is 11.6. The van der Waals surface area contributed by atoms with Gasteiger partial charge in [-0.15, -0.1) is 0 Å². The average molecular weight is 510 g/mol. The molecule has 9 heteroatoms. The number of benzene rings is 3. The van der Waals surface area contributed by atoms with E-state index in [0.29, 0.717) is 28.3 Å². The van der Waals surface area contributed by atoms with Crippen LogP contribution in [-0.4, -0.2) is 39.9 Å². The monoisotopic (exact) mass is 509 g/mol. The van der Waals surface area contributed by atoms with E-state index in [9.17, 15) is 18.0 Å². The van der Waals surface area contributed by atoms with E-state index >= 15 is 0 Å². The Morgan fingerprint density at radius 3 is 2.31 bits per heavy atom. The smallest absolute Gasteiger partial charge is 0.264 e. The average Bonchev–Trinajstić information content (AvgIpc) is 2.87. The van der Waals surface area contributed by atoms with Crippen LogP contribution in [0.4, 0.5) is 11.4 Å². The Kier molecular flexibility index (Phi) is 8.71. The normalized spacial score (nSPS) is 11.9. The van der Waals surface area contributed by atoms with E-state index in [0.717, 1.165) is 10.7 Å². The molecule has 0 bridgehead atoms. The van der Waals surface area contributed by atoms with Crippen LogP contribution in [0.2, 0.25) is 0 Å². The van der Waals surface area contributed by atoms with Crippen LogP contribution < -0.4 is 19.7 Å². The van der Waals surface area contributed by atoms with Gasteiger partial charge in [0.25, 0.3) is 15.9 Å². The van der Waals surface area contributed by atoms with Crippen molar-refractivity contribution in [2.75, 3.05) is 23.3 Å². The molecule has 0 aromatic heterocycles. The number of aryl methyl sites for hydroxylation is 1. The molecule has 1 unspecified atom stereocenters. The van der Waals surface area contributed by atoms with Crippen molar-refractivity contribution < 1.29 is 22.7 Å². The lowest BCUT2D eigenvalue weighted by Gasteiger charge is -2.24. The number of para-hydroxylation sites is 2. The molecular weight excluding hydrogens is 478 g/mol. The Morgan fingerprint density at radius 2 is 1.67 bits per heavy atom. The van der Waals surface area contributed by atoms with Gasteiger partial charge in [-0.05, 0) is 68.3 Å². The van der Waals surface area contributed by atoms with Crippen molar-refractivity contribution in [3.05, 3.63) is 83.9 Å². The topological polar surface area (TPSA) is 105 Å². The molecule has 1 atom stereocenters.